The Morgan fingerprint density at radius 3 is 2.00 bits per heavy atom. The van der Waals surface area contributed by atoms with E-state index in [0.29, 0.717) is 0 Å². The van der Waals surface area contributed by atoms with Crippen molar-refractivity contribution in [1.82, 2.24) is 0 Å². The van der Waals surface area contributed by atoms with Crippen molar-refractivity contribution in [1.29, 1.82) is 0 Å². The van der Waals surface area contributed by atoms with Gasteiger partial charge in [-0.05, 0) is 32.3 Å². The molecule has 0 bridgehead atoms. The monoisotopic (exact) mass is 204 g/mol. The Kier molecular flexibility index (Phi) is 10.3. The molecule has 15 heavy (non-hydrogen) atoms. The van der Waals surface area contributed by atoms with Gasteiger partial charge in [-0.25, -0.2) is 0 Å². The molecule has 0 nitrogen and oxygen atoms in total. The molecule has 0 N–H and O–H groups in total. The summed E-state index contributed by atoms with van der Waals surface area (Å²) in [6.07, 6.45) is 9.25. The Hall–Kier alpha value is -1.04. The lowest BCUT2D eigenvalue weighted by Crippen LogP contribution is -1.83. The van der Waals surface area contributed by atoms with Crippen LogP contribution >= 0.6 is 0 Å². The zero-order chi connectivity index (χ0) is 11.4. The van der Waals surface area contributed by atoms with Gasteiger partial charge in [-0.2, -0.15) is 0 Å². The first-order chi connectivity index (χ1) is 7.35. The molecular formula is C15H24. The standard InChI is InChI=1S/C11H16.C4H8/c1-2-3-5-8-11-9-6-4-7-10-11;1-3-4-2/h4,6-7,9-10H,2-3,5,8H2,1H3;3-4H,1-2H3. The van der Waals surface area contributed by atoms with Crippen molar-refractivity contribution in [2.24, 2.45) is 0 Å². The van der Waals surface area contributed by atoms with Crippen molar-refractivity contribution < 1.29 is 0 Å². The van der Waals surface area contributed by atoms with Crippen molar-refractivity contribution in [3.8, 4) is 0 Å². The molecular weight excluding hydrogens is 180 g/mol. The van der Waals surface area contributed by atoms with Gasteiger partial charge in [-0.1, -0.05) is 62.2 Å². The topological polar surface area (TPSA) is 0 Å². The van der Waals surface area contributed by atoms with Crippen LogP contribution in [0.4, 0.5) is 0 Å². The molecule has 0 atom stereocenters. The molecule has 0 radical (unpaired) electrons. The Balaban J connectivity index is 0.000000423. The number of hydrogen-bond acceptors (Lipinski definition) is 0. The quantitative estimate of drug-likeness (QED) is 0.478. The average molecular weight is 204 g/mol. The number of benzene rings is 1. The third-order valence-corrected chi connectivity index (χ3v) is 2.25. The lowest BCUT2D eigenvalue weighted by molar-refractivity contribution is 0.717. The van der Waals surface area contributed by atoms with E-state index in [0.717, 1.165) is 0 Å². The van der Waals surface area contributed by atoms with E-state index in [9.17, 15) is 0 Å². The van der Waals surface area contributed by atoms with Gasteiger partial charge in [0.1, 0.15) is 0 Å². The molecule has 0 saturated heterocycles. The average Bonchev–Trinajstić information content (AvgIpc) is 2.31. The van der Waals surface area contributed by atoms with Gasteiger partial charge in [0.05, 0.1) is 0 Å². The van der Waals surface area contributed by atoms with Crippen LogP contribution in [-0.2, 0) is 6.42 Å². The van der Waals surface area contributed by atoms with Gasteiger partial charge in [0.25, 0.3) is 0 Å². The molecule has 84 valence electrons. The van der Waals surface area contributed by atoms with E-state index in [1.165, 1.54) is 31.2 Å². The predicted molar refractivity (Wildman–Crippen MR) is 70.2 cm³/mol. The second-order valence-corrected chi connectivity index (χ2v) is 3.61. The first-order valence-corrected chi connectivity index (χ1v) is 5.96. The van der Waals surface area contributed by atoms with Crippen LogP contribution in [0.2, 0.25) is 0 Å². The van der Waals surface area contributed by atoms with Crippen LogP contribution in [0.25, 0.3) is 0 Å². The van der Waals surface area contributed by atoms with Crippen LogP contribution in [0.5, 0.6) is 0 Å². The third-order valence-electron chi connectivity index (χ3n) is 2.25. The van der Waals surface area contributed by atoms with E-state index >= 15 is 0 Å². The van der Waals surface area contributed by atoms with Crippen LogP contribution < -0.4 is 0 Å². The number of unbranched alkanes of at least 4 members (excludes halogenated alkanes) is 2. The van der Waals surface area contributed by atoms with Crippen LogP contribution in [0, 0.1) is 0 Å². The lowest BCUT2D eigenvalue weighted by atomic mass is 10.1. The number of allylic oxidation sites excluding steroid dienone is 2. The van der Waals surface area contributed by atoms with Gasteiger partial charge < -0.3 is 0 Å². The van der Waals surface area contributed by atoms with E-state index in [1.807, 2.05) is 26.0 Å². The second-order valence-electron chi connectivity index (χ2n) is 3.61. The van der Waals surface area contributed by atoms with Crippen molar-refractivity contribution >= 4 is 0 Å². The van der Waals surface area contributed by atoms with Crippen molar-refractivity contribution in [3.63, 3.8) is 0 Å². The molecule has 0 aliphatic carbocycles. The second kappa shape index (κ2) is 11.0. The minimum absolute atomic E-state index is 1.24. The van der Waals surface area contributed by atoms with Gasteiger partial charge in [0.15, 0.2) is 0 Å². The van der Waals surface area contributed by atoms with Gasteiger partial charge in [-0.15, -0.1) is 0 Å². The summed E-state index contributed by atoms with van der Waals surface area (Å²) in [5.41, 5.74) is 1.47. The highest BCUT2D eigenvalue weighted by molar-refractivity contribution is 5.14. The summed E-state index contributed by atoms with van der Waals surface area (Å²) in [6, 6.07) is 10.7. The highest BCUT2D eigenvalue weighted by Gasteiger charge is 1.89. The molecule has 1 aromatic carbocycles. The number of aryl methyl sites for hydroxylation is 1. The molecule has 0 heterocycles. The van der Waals surface area contributed by atoms with Crippen LogP contribution in [-0.4, -0.2) is 0 Å². The Morgan fingerprint density at radius 1 is 0.933 bits per heavy atom. The smallest absolute Gasteiger partial charge is 0.0279 e. The van der Waals surface area contributed by atoms with Crippen LogP contribution in [0.15, 0.2) is 42.5 Å². The van der Waals surface area contributed by atoms with Crippen molar-refractivity contribution in [2.45, 2.75) is 46.5 Å². The number of hydrogen-bond donors (Lipinski definition) is 0. The summed E-state index contributed by atoms with van der Waals surface area (Å²) in [5.74, 6) is 0. The Bertz CT molecular complexity index is 229. The molecule has 0 heteroatoms. The van der Waals surface area contributed by atoms with Gasteiger partial charge in [-0.3, -0.25) is 0 Å². The zero-order valence-electron chi connectivity index (χ0n) is 10.4. The molecule has 0 spiro atoms. The Morgan fingerprint density at radius 2 is 1.53 bits per heavy atom. The van der Waals surface area contributed by atoms with E-state index in [1.54, 1.807) is 0 Å². The summed E-state index contributed by atoms with van der Waals surface area (Å²) < 4.78 is 0. The fourth-order valence-electron chi connectivity index (χ4n) is 1.22. The zero-order valence-corrected chi connectivity index (χ0v) is 10.4. The SMILES string of the molecule is CC=CC.CCCCCc1ccccc1. The maximum absolute atomic E-state index is 2.24. The molecule has 0 aliphatic rings. The summed E-state index contributed by atoms with van der Waals surface area (Å²) in [5, 5.41) is 0. The summed E-state index contributed by atoms with van der Waals surface area (Å²) in [4.78, 5) is 0. The molecule has 0 amide bonds. The molecule has 1 rings (SSSR count). The fraction of sp³-hybridized carbons (Fsp3) is 0.467. The number of rotatable bonds is 4. The Labute approximate surface area is 95.0 Å². The molecule has 0 saturated carbocycles. The van der Waals surface area contributed by atoms with E-state index in [2.05, 4.69) is 37.3 Å². The molecule has 0 unspecified atom stereocenters. The minimum atomic E-state index is 1.24. The van der Waals surface area contributed by atoms with Crippen LogP contribution in [0.1, 0.15) is 45.6 Å². The van der Waals surface area contributed by atoms with E-state index in [4.69, 9.17) is 0 Å². The highest BCUT2D eigenvalue weighted by Crippen LogP contribution is 2.05. The van der Waals surface area contributed by atoms with E-state index < -0.39 is 0 Å². The lowest BCUT2D eigenvalue weighted by Gasteiger charge is -1.98. The van der Waals surface area contributed by atoms with Crippen molar-refractivity contribution in [3.05, 3.63) is 48.0 Å². The maximum Gasteiger partial charge on any atom is -0.0279 e. The molecule has 1 aromatic rings. The van der Waals surface area contributed by atoms with Crippen LogP contribution in [0.3, 0.4) is 0 Å². The summed E-state index contributed by atoms with van der Waals surface area (Å²) in [6.45, 7) is 6.24. The molecule has 0 aliphatic heterocycles. The first kappa shape index (κ1) is 14.0. The van der Waals surface area contributed by atoms with Crippen molar-refractivity contribution in [2.75, 3.05) is 0 Å². The summed E-state index contributed by atoms with van der Waals surface area (Å²) >= 11 is 0. The summed E-state index contributed by atoms with van der Waals surface area (Å²) in [7, 11) is 0. The van der Waals surface area contributed by atoms with Gasteiger partial charge in [0.2, 0.25) is 0 Å². The van der Waals surface area contributed by atoms with Gasteiger partial charge in [0, 0.05) is 0 Å². The fourth-order valence-corrected chi connectivity index (χ4v) is 1.22. The molecule has 0 fully saturated rings. The van der Waals surface area contributed by atoms with E-state index in [-0.39, 0.29) is 0 Å². The largest absolute Gasteiger partial charge is 0.0919 e. The third kappa shape index (κ3) is 9.27. The highest BCUT2D eigenvalue weighted by atomic mass is 13.9. The normalized spacial score (nSPS) is 9.80. The maximum atomic E-state index is 2.24. The predicted octanol–water partition coefficient (Wildman–Crippen LogP) is 5.00. The first-order valence-electron chi connectivity index (χ1n) is 5.96. The van der Waals surface area contributed by atoms with Gasteiger partial charge >= 0.3 is 0 Å². The minimum Gasteiger partial charge on any atom is -0.0919 e. The molecule has 0 aromatic heterocycles.